The molecule has 6 rings (SSSR count). The lowest BCUT2D eigenvalue weighted by Gasteiger charge is -2.29. The van der Waals surface area contributed by atoms with Crippen LogP contribution in [0.25, 0.3) is 0 Å². The summed E-state index contributed by atoms with van der Waals surface area (Å²) >= 11 is 1.30. The summed E-state index contributed by atoms with van der Waals surface area (Å²) in [5.41, 5.74) is 5.29. The molecule has 2 N–H and O–H groups in total. The number of fused-ring (bicyclic) bond motifs is 3. The lowest BCUT2D eigenvalue weighted by Crippen LogP contribution is -2.36. The Morgan fingerprint density at radius 1 is 1.09 bits per heavy atom. The second-order valence-corrected chi connectivity index (χ2v) is 10.3. The quantitative estimate of drug-likeness (QED) is 0.547. The van der Waals surface area contributed by atoms with Crippen molar-refractivity contribution in [2.75, 3.05) is 23.4 Å². The number of morpholine rings is 1. The molecule has 3 atom stereocenters. The fourth-order valence-electron chi connectivity index (χ4n) is 5.64. The number of rotatable bonds is 5. The van der Waals surface area contributed by atoms with E-state index in [-0.39, 0.29) is 17.4 Å². The van der Waals surface area contributed by atoms with E-state index >= 15 is 0 Å². The Labute approximate surface area is 202 Å². The number of carboxylic acid groups (broad SMARTS) is 1. The van der Waals surface area contributed by atoms with E-state index in [0.717, 1.165) is 50.1 Å². The van der Waals surface area contributed by atoms with Crippen molar-refractivity contribution in [1.29, 1.82) is 0 Å². The number of nitrogens with one attached hydrogen (secondary N) is 1. The third-order valence-corrected chi connectivity index (χ3v) is 8.32. The number of carboxylic acids is 1. The fourth-order valence-corrected chi connectivity index (χ4v) is 6.67. The van der Waals surface area contributed by atoms with Crippen LogP contribution in [-0.2, 0) is 17.6 Å². The number of hydrogen-bond donors (Lipinski definition) is 2. The molecule has 1 aliphatic carbocycles. The van der Waals surface area contributed by atoms with E-state index in [0.29, 0.717) is 22.7 Å². The molecule has 2 aliphatic heterocycles. The molecule has 3 aliphatic rings. The van der Waals surface area contributed by atoms with Crippen LogP contribution < -0.4 is 10.2 Å². The number of aromatic carboxylic acids is 1. The molecule has 2 unspecified atom stereocenters. The first kappa shape index (κ1) is 21.4. The van der Waals surface area contributed by atoms with Gasteiger partial charge in [-0.15, -0.1) is 11.3 Å². The number of anilines is 2. The molecule has 1 amide bonds. The minimum absolute atomic E-state index is 0.141. The zero-order chi connectivity index (χ0) is 23.2. The second kappa shape index (κ2) is 8.56. The van der Waals surface area contributed by atoms with Crippen molar-refractivity contribution in [3.8, 4) is 0 Å². The van der Waals surface area contributed by atoms with Crippen molar-refractivity contribution in [3.63, 3.8) is 0 Å². The van der Waals surface area contributed by atoms with Crippen molar-refractivity contribution in [1.82, 2.24) is 0 Å². The first-order chi connectivity index (χ1) is 16.6. The van der Waals surface area contributed by atoms with Crippen LogP contribution in [0.4, 0.5) is 10.7 Å². The molecule has 2 bridgehead atoms. The normalized spacial score (nSPS) is 23.1. The van der Waals surface area contributed by atoms with E-state index in [1.807, 2.05) is 35.7 Å². The van der Waals surface area contributed by atoms with Gasteiger partial charge in [0.2, 0.25) is 0 Å². The second-order valence-electron chi connectivity index (χ2n) is 9.41. The maximum atomic E-state index is 13.0. The molecule has 2 saturated heterocycles. The average molecular weight is 475 g/mol. The zero-order valence-electron chi connectivity index (χ0n) is 18.7. The standard InChI is InChI=1S/C27H26N2O4S/c30-25(17-7-9-20(10-8-17)29-13-22-12-21(29)14-33-22)28-26-24(27(31)32)23(15-34-26)19-6-5-16-3-1-2-4-18(16)11-19/h1-4,7-10,15,19,21-22H,5-6,11-14H2,(H,28,30)(H,31,32)/t19?,21-,22?/m1/s1. The monoisotopic (exact) mass is 474 g/mol. The summed E-state index contributed by atoms with van der Waals surface area (Å²) in [7, 11) is 0. The van der Waals surface area contributed by atoms with E-state index in [1.54, 1.807) is 0 Å². The highest BCUT2D eigenvalue weighted by Crippen LogP contribution is 2.40. The Balaban J connectivity index is 1.19. The van der Waals surface area contributed by atoms with Gasteiger partial charge in [0.05, 0.1) is 24.3 Å². The van der Waals surface area contributed by atoms with Crippen LogP contribution in [0.1, 0.15) is 56.2 Å². The molecule has 0 radical (unpaired) electrons. The SMILES string of the molecule is O=C(Nc1scc(C2CCc3ccccc3C2)c1C(=O)O)c1ccc(N2CC3C[C@@H]2CO3)cc1. The number of nitrogens with zero attached hydrogens (tertiary/aromatic N) is 1. The molecule has 174 valence electrons. The van der Waals surface area contributed by atoms with Gasteiger partial charge in [0.1, 0.15) is 5.00 Å². The summed E-state index contributed by atoms with van der Waals surface area (Å²) in [6.45, 7) is 1.65. The van der Waals surface area contributed by atoms with Gasteiger partial charge in [-0.3, -0.25) is 4.79 Å². The Hall–Kier alpha value is -3.16. The molecule has 0 saturated carbocycles. The van der Waals surface area contributed by atoms with E-state index in [9.17, 15) is 14.7 Å². The lowest BCUT2D eigenvalue weighted by atomic mass is 9.80. The molecule has 34 heavy (non-hydrogen) atoms. The topological polar surface area (TPSA) is 78.9 Å². The summed E-state index contributed by atoms with van der Waals surface area (Å²) < 4.78 is 5.67. The number of benzene rings is 2. The van der Waals surface area contributed by atoms with Gasteiger partial charge in [-0.05, 0) is 77.9 Å². The third kappa shape index (κ3) is 3.79. The van der Waals surface area contributed by atoms with E-state index in [2.05, 4.69) is 28.4 Å². The Kier molecular flexibility index (Phi) is 5.38. The first-order valence-electron chi connectivity index (χ1n) is 11.8. The fraction of sp³-hybridized carbons (Fsp3) is 0.333. The minimum Gasteiger partial charge on any atom is -0.478 e. The van der Waals surface area contributed by atoms with E-state index in [1.165, 1.54) is 22.5 Å². The van der Waals surface area contributed by atoms with E-state index < -0.39 is 5.97 Å². The predicted octanol–water partition coefficient (Wildman–Crippen LogP) is 4.95. The number of carbonyl (C=O) groups excluding carboxylic acids is 1. The third-order valence-electron chi connectivity index (χ3n) is 7.41. The molecule has 7 heteroatoms. The van der Waals surface area contributed by atoms with Crippen LogP contribution in [0.15, 0.2) is 53.9 Å². The number of ether oxygens (including phenoxy) is 1. The van der Waals surface area contributed by atoms with E-state index in [4.69, 9.17) is 4.74 Å². The molecule has 3 aromatic rings. The minimum atomic E-state index is -0.993. The lowest BCUT2D eigenvalue weighted by molar-refractivity contribution is 0.0696. The molecule has 2 aromatic carbocycles. The highest BCUT2D eigenvalue weighted by Gasteiger charge is 2.39. The van der Waals surface area contributed by atoms with Crippen molar-refractivity contribution >= 4 is 33.9 Å². The van der Waals surface area contributed by atoms with Crippen molar-refractivity contribution in [2.24, 2.45) is 0 Å². The van der Waals surface area contributed by atoms with Gasteiger partial charge in [-0.1, -0.05) is 24.3 Å². The summed E-state index contributed by atoms with van der Waals surface area (Å²) in [6.07, 6.45) is 4.05. The van der Waals surface area contributed by atoms with Crippen molar-refractivity contribution < 1.29 is 19.4 Å². The zero-order valence-corrected chi connectivity index (χ0v) is 19.5. The Morgan fingerprint density at radius 3 is 2.59 bits per heavy atom. The number of hydrogen-bond acceptors (Lipinski definition) is 5. The van der Waals surface area contributed by atoms with Gasteiger partial charge in [0.15, 0.2) is 0 Å². The van der Waals surface area contributed by atoms with Gasteiger partial charge in [-0.25, -0.2) is 4.79 Å². The molecule has 2 fully saturated rings. The number of amides is 1. The summed E-state index contributed by atoms with van der Waals surface area (Å²) in [5.74, 6) is -1.14. The van der Waals surface area contributed by atoms with Crippen LogP contribution in [-0.4, -0.2) is 42.3 Å². The molecule has 6 nitrogen and oxygen atoms in total. The maximum absolute atomic E-state index is 13.0. The number of aryl methyl sites for hydroxylation is 1. The highest BCUT2D eigenvalue weighted by molar-refractivity contribution is 7.15. The molecule has 1 aromatic heterocycles. The predicted molar refractivity (Wildman–Crippen MR) is 132 cm³/mol. The van der Waals surface area contributed by atoms with Gasteiger partial charge < -0.3 is 20.1 Å². The van der Waals surface area contributed by atoms with Gasteiger partial charge in [0, 0.05) is 17.8 Å². The van der Waals surface area contributed by atoms with Gasteiger partial charge >= 0.3 is 5.97 Å². The van der Waals surface area contributed by atoms with Crippen molar-refractivity contribution in [2.45, 2.75) is 43.7 Å². The average Bonchev–Trinajstić information content (AvgIpc) is 3.60. The summed E-state index contributed by atoms with van der Waals surface area (Å²) in [5, 5.41) is 15.2. The molecular formula is C27H26N2O4S. The number of thiophene rings is 1. The Morgan fingerprint density at radius 2 is 1.88 bits per heavy atom. The smallest absolute Gasteiger partial charge is 0.339 e. The summed E-state index contributed by atoms with van der Waals surface area (Å²) in [6, 6.07) is 16.3. The largest absolute Gasteiger partial charge is 0.478 e. The molecule has 0 spiro atoms. The van der Waals surface area contributed by atoms with Crippen LogP contribution in [0.2, 0.25) is 0 Å². The Bertz CT molecular complexity index is 1250. The summed E-state index contributed by atoms with van der Waals surface area (Å²) in [4.78, 5) is 27.5. The van der Waals surface area contributed by atoms with Gasteiger partial charge in [0.25, 0.3) is 5.91 Å². The molecular weight excluding hydrogens is 448 g/mol. The maximum Gasteiger partial charge on any atom is 0.339 e. The van der Waals surface area contributed by atoms with Gasteiger partial charge in [-0.2, -0.15) is 0 Å². The van der Waals surface area contributed by atoms with Crippen LogP contribution in [0.5, 0.6) is 0 Å². The molecule has 3 heterocycles. The van der Waals surface area contributed by atoms with Crippen LogP contribution >= 0.6 is 11.3 Å². The van der Waals surface area contributed by atoms with Crippen LogP contribution in [0, 0.1) is 0 Å². The number of carbonyl (C=O) groups is 2. The van der Waals surface area contributed by atoms with Crippen LogP contribution in [0.3, 0.4) is 0 Å². The highest BCUT2D eigenvalue weighted by atomic mass is 32.1. The first-order valence-corrected chi connectivity index (χ1v) is 12.7. The van der Waals surface area contributed by atoms with Crippen molar-refractivity contribution in [3.05, 3.63) is 81.7 Å².